The molecule has 1 atom stereocenters. The van der Waals surface area contributed by atoms with Crippen molar-refractivity contribution in [3.8, 4) is 5.75 Å². The third-order valence-corrected chi connectivity index (χ3v) is 7.34. The molecule has 198 valence electrons. The van der Waals surface area contributed by atoms with E-state index in [2.05, 4.69) is 5.32 Å². The van der Waals surface area contributed by atoms with Crippen LogP contribution in [0.25, 0.3) is 0 Å². The maximum Gasteiger partial charge on any atom is 0.244 e. The van der Waals surface area contributed by atoms with Gasteiger partial charge in [-0.1, -0.05) is 49.2 Å². The van der Waals surface area contributed by atoms with Gasteiger partial charge in [-0.3, -0.25) is 13.9 Å². The molecule has 36 heavy (non-hydrogen) atoms. The van der Waals surface area contributed by atoms with Gasteiger partial charge in [0.25, 0.3) is 0 Å². The van der Waals surface area contributed by atoms with Crippen molar-refractivity contribution in [1.29, 1.82) is 0 Å². The van der Waals surface area contributed by atoms with Crippen LogP contribution in [-0.4, -0.2) is 57.6 Å². The lowest BCUT2D eigenvalue weighted by molar-refractivity contribution is -0.139. The quantitative estimate of drug-likeness (QED) is 0.445. The first kappa shape index (κ1) is 29.7. The molecule has 2 amide bonds. The first-order valence-electron chi connectivity index (χ1n) is 11.4. The van der Waals surface area contributed by atoms with Crippen molar-refractivity contribution in [3.05, 3.63) is 57.6 Å². The van der Waals surface area contributed by atoms with Crippen LogP contribution in [0.2, 0.25) is 10.0 Å². The molecule has 2 aromatic carbocycles. The van der Waals surface area contributed by atoms with Crippen LogP contribution < -0.4 is 14.4 Å². The van der Waals surface area contributed by atoms with Crippen molar-refractivity contribution >= 4 is 50.7 Å². The van der Waals surface area contributed by atoms with Crippen LogP contribution in [0.15, 0.2) is 36.4 Å². The highest BCUT2D eigenvalue weighted by Crippen LogP contribution is 2.31. The summed E-state index contributed by atoms with van der Waals surface area (Å²) in [4.78, 5) is 27.9. The summed E-state index contributed by atoms with van der Waals surface area (Å²) in [5, 5.41) is 3.50. The summed E-state index contributed by atoms with van der Waals surface area (Å²) in [5.41, 5.74) is 1.67. The molecule has 0 aliphatic heterocycles. The van der Waals surface area contributed by atoms with E-state index in [1.165, 1.54) is 12.0 Å². The number of carbonyl (C=O) groups excluding carboxylic acids is 2. The fourth-order valence-corrected chi connectivity index (χ4v) is 4.63. The first-order valence-corrected chi connectivity index (χ1v) is 14.0. The monoisotopic (exact) mass is 557 g/mol. The SMILES string of the molecule is COc1ccc(C)cc1N(CC(=O)N(Cc1ccc(Cl)c(Cl)c1)[C@H](C)C(=O)NCC(C)C)S(C)(=O)=O. The van der Waals surface area contributed by atoms with Crippen molar-refractivity contribution in [1.82, 2.24) is 10.2 Å². The predicted molar refractivity (Wildman–Crippen MR) is 144 cm³/mol. The zero-order valence-electron chi connectivity index (χ0n) is 21.3. The van der Waals surface area contributed by atoms with Crippen LogP contribution in [-0.2, 0) is 26.2 Å². The largest absolute Gasteiger partial charge is 0.495 e. The van der Waals surface area contributed by atoms with E-state index in [9.17, 15) is 18.0 Å². The number of anilines is 1. The number of nitrogens with one attached hydrogen (secondary N) is 1. The topological polar surface area (TPSA) is 96.0 Å². The molecule has 0 unspecified atom stereocenters. The van der Waals surface area contributed by atoms with Crippen molar-refractivity contribution < 1.29 is 22.7 Å². The van der Waals surface area contributed by atoms with Gasteiger partial charge in [0.05, 0.1) is 29.1 Å². The van der Waals surface area contributed by atoms with E-state index >= 15 is 0 Å². The summed E-state index contributed by atoms with van der Waals surface area (Å²) in [7, 11) is -2.46. The predicted octanol–water partition coefficient (Wildman–Crippen LogP) is 4.27. The normalized spacial score (nSPS) is 12.2. The molecule has 0 aliphatic carbocycles. The van der Waals surface area contributed by atoms with Gasteiger partial charge in [0, 0.05) is 13.1 Å². The molecule has 0 aliphatic rings. The maximum atomic E-state index is 13.6. The molecule has 2 rings (SSSR count). The minimum absolute atomic E-state index is 0.0224. The van der Waals surface area contributed by atoms with Gasteiger partial charge in [-0.25, -0.2) is 8.42 Å². The molecular weight excluding hydrogens is 525 g/mol. The number of amides is 2. The summed E-state index contributed by atoms with van der Waals surface area (Å²) in [6, 6.07) is 9.09. The highest BCUT2D eigenvalue weighted by Gasteiger charge is 2.31. The number of benzene rings is 2. The second kappa shape index (κ2) is 12.7. The summed E-state index contributed by atoms with van der Waals surface area (Å²) in [5.74, 6) is -0.397. The van der Waals surface area contributed by atoms with Crippen LogP contribution in [0.3, 0.4) is 0 Å². The summed E-state index contributed by atoms with van der Waals surface area (Å²) in [6.45, 7) is 7.27. The van der Waals surface area contributed by atoms with E-state index in [1.807, 2.05) is 20.8 Å². The number of carbonyl (C=O) groups is 2. The average molecular weight is 559 g/mol. The molecule has 0 saturated heterocycles. The number of aryl methyl sites for hydroxylation is 1. The van der Waals surface area contributed by atoms with Gasteiger partial charge < -0.3 is 15.0 Å². The Morgan fingerprint density at radius 1 is 1.06 bits per heavy atom. The maximum absolute atomic E-state index is 13.6. The van der Waals surface area contributed by atoms with Crippen LogP contribution in [0.1, 0.15) is 31.9 Å². The highest BCUT2D eigenvalue weighted by molar-refractivity contribution is 7.92. The van der Waals surface area contributed by atoms with Crippen LogP contribution in [0.5, 0.6) is 5.75 Å². The van der Waals surface area contributed by atoms with Gasteiger partial charge >= 0.3 is 0 Å². The van der Waals surface area contributed by atoms with Crippen molar-refractivity contribution in [2.45, 2.75) is 40.3 Å². The lowest BCUT2D eigenvalue weighted by Gasteiger charge is -2.32. The van der Waals surface area contributed by atoms with E-state index in [4.69, 9.17) is 27.9 Å². The number of sulfonamides is 1. The van der Waals surface area contributed by atoms with Gasteiger partial charge in [0.1, 0.15) is 18.3 Å². The average Bonchev–Trinajstić information content (AvgIpc) is 2.80. The molecule has 0 bridgehead atoms. The number of nitrogens with zero attached hydrogens (tertiary/aromatic N) is 2. The third-order valence-electron chi connectivity index (χ3n) is 5.47. The molecule has 0 fully saturated rings. The Morgan fingerprint density at radius 3 is 2.28 bits per heavy atom. The van der Waals surface area contributed by atoms with Crippen LogP contribution >= 0.6 is 23.2 Å². The second-order valence-corrected chi connectivity index (χ2v) is 11.8. The summed E-state index contributed by atoms with van der Waals surface area (Å²) < 4.78 is 31.9. The Balaban J connectivity index is 2.46. The molecule has 0 heterocycles. The van der Waals surface area contributed by atoms with Crippen molar-refractivity contribution in [3.63, 3.8) is 0 Å². The lowest BCUT2D eigenvalue weighted by atomic mass is 10.1. The molecule has 0 saturated carbocycles. The number of ether oxygens (including phenoxy) is 1. The molecule has 8 nitrogen and oxygen atoms in total. The summed E-state index contributed by atoms with van der Waals surface area (Å²) >= 11 is 12.2. The number of hydrogen-bond acceptors (Lipinski definition) is 5. The summed E-state index contributed by atoms with van der Waals surface area (Å²) in [6.07, 6.45) is 1.02. The van der Waals surface area contributed by atoms with E-state index in [-0.39, 0.29) is 24.1 Å². The van der Waals surface area contributed by atoms with Gasteiger partial charge in [-0.15, -0.1) is 0 Å². The Bertz CT molecular complexity index is 1200. The van der Waals surface area contributed by atoms with Gasteiger partial charge in [0.2, 0.25) is 21.8 Å². The molecule has 0 spiro atoms. The Hall–Kier alpha value is -2.49. The molecule has 0 radical (unpaired) electrons. The van der Waals surface area contributed by atoms with Crippen LogP contribution in [0, 0.1) is 12.8 Å². The number of hydrogen-bond donors (Lipinski definition) is 1. The van der Waals surface area contributed by atoms with E-state index in [1.54, 1.807) is 43.3 Å². The molecule has 2 aromatic rings. The van der Waals surface area contributed by atoms with Gasteiger partial charge in [0.15, 0.2) is 0 Å². The minimum atomic E-state index is -3.88. The smallest absolute Gasteiger partial charge is 0.244 e. The number of halogens is 2. The molecule has 1 N–H and O–H groups in total. The minimum Gasteiger partial charge on any atom is -0.495 e. The lowest BCUT2D eigenvalue weighted by Crippen LogP contribution is -2.51. The van der Waals surface area contributed by atoms with Crippen LogP contribution in [0.4, 0.5) is 5.69 Å². The fourth-order valence-electron chi connectivity index (χ4n) is 3.46. The van der Waals surface area contributed by atoms with E-state index in [0.29, 0.717) is 27.9 Å². The van der Waals surface area contributed by atoms with Crippen molar-refractivity contribution in [2.75, 3.05) is 30.8 Å². The zero-order valence-corrected chi connectivity index (χ0v) is 23.7. The third kappa shape index (κ3) is 8.01. The van der Waals surface area contributed by atoms with E-state index in [0.717, 1.165) is 16.1 Å². The first-order chi connectivity index (χ1) is 16.7. The second-order valence-electron chi connectivity index (χ2n) is 9.03. The van der Waals surface area contributed by atoms with Gasteiger partial charge in [-0.05, 0) is 55.2 Å². The molecular formula is C25H33Cl2N3O5S. The van der Waals surface area contributed by atoms with E-state index < -0.39 is 28.5 Å². The number of methoxy groups -OCH3 is 1. The number of rotatable bonds is 11. The Kier molecular flexibility index (Phi) is 10.5. The molecule has 11 heteroatoms. The Morgan fingerprint density at radius 2 is 1.72 bits per heavy atom. The van der Waals surface area contributed by atoms with Gasteiger partial charge in [-0.2, -0.15) is 0 Å². The standard InChI is InChI=1S/C25H33Cl2N3O5S/c1-16(2)13-28-25(32)18(4)29(14-19-8-9-20(26)21(27)12-19)24(31)15-30(36(6,33)34)22-11-17(3)7-10-23(22)35-5/h7-12,16,18H,13-15H2,1-6H3,(H,28,32)/t18-/m1/s1. The highest BCUT2D eigenvalue weighted by atomic mass is 35.5. The fraction of sp³-hybridized carbons (Fsp3) is 0.440. The Labute approximate surface area is 223 Å². The molecule has 0 aromatic heterocycles. The van der Waals surface area contributed by atoms with Crippen molar-refractivity contribution in [2.24, 2.45) is 5.92 Å². The zero-order chi connectivity index (χ0) is 27.2.